The van der Waals surface area contributed by atoms with Crippen LogP contribution in [-0.4, -0.2) is 12.5 Å². The van der Waals surface area contributed by atoms with E-state index in [1.165, 1.54) is 11.1 Å². The maximum Gasteiger partial charge on any atom is 0.225 e. The molecule has 0 bridgehead atoms. The van der Waals surface area contributed by atoms with E-state index in [4.69, 9.17) is 4.74 Å². The number of anilines is 1. The van der Waals surface area contributed by atoms with Crippen LogP contribution in [0.15, 0.2) is 36.4 Å². The Labute approximate surface area is 144 Å². The van der Waals surface area contributed by atoms with E-state index in [0.29, 0.717) is 13.0 Å². The van der Waals surface area contributed by atoms with Crippen molar-refractivity contribution in [3.63, 3.8) is 0 Å². The van der Waals surface area contributed by atoms with Gasteiger partial charge in [0.05, 0.1) is 6.61 Å². The second-order valence-electron chi connectivity index (χ2n) is 6.52. The zero-order chi connectivity index (χ0) is 17.1. The number of rotatable bonds is 5. The zero-order valence-electron chi connectivity index (χ0n) is 14.7. The highest BCUT2D eigenvalue weighted by Gasteiger charge is 2.29. The van der Waals surface area contributed by atoms with Crippen molar-refractivity contribution in [1.82, 2.24) is 0 Å². The van der Waals surface area contributed by atoms with Gasteiger partial charge in [0, 0.05) is 23.6 Å². The van der Waals surface area contributed by atoms with Gasteiger partial charge in [0.2, 0.25) is 5.91 Å². The van der Waals surface area contributed by atoms with E-state index in [0.717, 1.165) is 35.4 Å². The van der Waals surface area contributed by atoms with Gasteiger partial charge in [-0.15, -0.1) is 0 Å². The van der Waals surface area contributed by atoms with Crippen molar-refractivity contribution < 1.29 is 9.53 Å². The molecule has 0 spiro atoms. The Kier molecular flexibility index (Phi) is 4.89. The standard InChI is InChI=1S/C21H25NO2/c1-4-5-12-24-19-9-7-6-8-16(19)18-13-20(23)22-21-15(3)14(2)10-11-17(18)21/h6-11,18H,4-5,12-13H2,1-3H3,(H,22,23). The number of benzene rings is 2. The lowest BCUT2D eigenvalue weighted by atomic mass is 9.82. The number of para-hydroxylation sites is 1. The lowest BCUT2D eigenvalue weighted by Gasteiger charge is -2.29. The normalized spacial score (nSPS) is 16.5. The first-order valence-electron chi connectivity index (χ1n) is 8.73. The fourth-order valence-corrected chi connectivity index (χ4v) is 3.28. The van der Waals surface area contributed by atoms with Gasteiger partial charge in [-0.1, -0.05) is 43.7 Å². The summed E-state index contributed by atoms with van der Waals surface area (Å²) in [4.78, 5) is 12.3. The van der Waals surface area contributed by atoms with Crippen LogP contribution in [0.5, 0.6) is 5.75 Å². The number of carbonyl (C=O) groups is 1. The fraction of sp³-hybridized carbons (Fsp3) is 0.381. The first-order chi connectivity index (χ1) is 11.6. The molecule has 0 aliphatic carbocycles. The minimum atomic E-state index is 0.0471. The number of hydrogen-bond acceptors (Lipinski definition) is 2. The van der Waals surface area contributed by atoms with Crippen LogP contribution in [0.1, 0.15) is 54.4 Å². The molecule has 2 aromatic carbocycles. The molecule has 1 atom stereocenters. The summed E-state index contributed by atoms with van der Waals surface area (Å²) in [5, 5.41) is 3.06. The number of nitrogens with one attached hydrogen (secondary N) is 1. The first-order valence-corrected chi connectivity index (χ1v) is 8.73. The summed E-state index contributed by atoms with van der Waals surface area (Å²) in [6, 6.07) is 12.4. The third kappa shape index (κ3) is 3.16. The van der Waals surface area contributed by atoms with Crippen LogP contribution < -0.4 is 10.1 Å². The molecule has 0 radical (unpaired) electrons. The molecule has 1 aliphatic rings. The molecular formula is C21H25NO2. The third-order valence-corrected chi connectivity index (χ3v) is 4.85. The number of fused-ring (bicyclic) bond motifs is 1. The summed E-state index contributed by atoms with van der Waals surface area (Å²) in [7, 11) is 0. The van der Waals surface area contributed by atoms with Gasteiger partial charge in [-0.25, -0.2) is 0 Å². The lowest BCUT2D eigenvalue weighted by molar-refractivity contribution is -0.116. The molecule has 1 amide bonds. The van der Waals surface area contributed by atoms with Crippen LogP contribution in [0.25, 0.3) is 0 Å². The fourth-order valence-electron chi connectivity index (χ4n) is 3.28. The Morgan fingerprint density at radius 1 is 1.12 bits per heavy atom. The van der Waals surface area contributed by atoms with Gasteiger partial charge in [0.1, 0.15) is 5.75 Å². The van der Waals surface area contributed by atoms with Crippen LogP contribution in [0.3, 0.4) is 0 Å². The number of hydrogen-bond donors (Lipinski definition) is 1. The van der Waals surface area contributed by atoms with Crippen molar-refractivity contribution in [2.24, 2.45) is 0 Å². The summed E-state index contributed by atoms with van der Waals surface area (Å²) in [5.41, 5.74) is 5.61. The monoisotopic (exact) mass is 323 g/mol. The SMILES string of the molecule is CCCCOc1ccccc1C1CC(=O)Nc2c1ccc(C)c2C. The molecular weight excluding hydrogens is 298 g/mol. The van der Waals surface area contributed by atoms with Crippen LogP contribution in [0, 0.1) is 13.8 Å². The second kappa shape index (κ2) is 7.08. The maximum atomic E-state index is 12.3. The Morgan fingerprint density at radius 2 is 1.92 bits per heavy atom. The number of carbonyl (C=O) groups excluding carboxylic acids is 1. The van der Waals surface area contributed by atoms with Gasteiger partial charge < -0.3 is 10.1 Å². The van der Waals surface area contributed by atoms with Crippen molar-refractivity contribution in [2.75, 3.05) is 11.9 Å². The first kappa shape index (κ1) is 16.6. The molecule has 1 N–H and O–H groups in total. The van der Waals surface area contributed by atoms with Crippen molar-refractivity contribution >= 4 is 11.6 Å². The van der Waals surface area contributed by atoms with E-state index >= 15 is 0 Å². The average Bonchev–Trinajstić information content (AvgIpc) is 2.59. The van der Waals surface area contributed by atoms with Gasteiger partial charge >= 0.3 is 0 Å². The number of amides is 1. The molecule has 2 aromatic rings. The number of ether oxygens (including phenoxy) is 1. The van der Waals surface area contributed by atoms with Crippen LogP contribution in [-0.2, 0) is 4.79 Å². The molecule has 1 aliphatic heterocycles. The predicted octanol–water partition coefficient (Wildman–Crippen LogP) is 4.96. The molecule has 126 valence electrons. The Balaban J connectivity index is 2.02. The molecule has 3 heteroatoms. The largest absolute Gasteiger partial charge is 0.493 e. The smallest absolute Gasteiger partial charge is 0.225 e. The highest BCUT2D eigenvalue weighted by Crippen LogP contribution is 2.42. The van der Waals surface area contributed by atoms with Crippen molar-refractivity contribution in [3.8, 4) is 5.75 Å². The highest BCUT2D eigenvalue weighted by molar-refractivity contribution is 5.96. The van der Waals surface area contributed by atoms with E-state index in [2.05, 4.69) is 44.3 Å². The zero-order valence-corrected chi connectivity index (χ0v) is 14.7. The van der Waals surface area contributed by atoms with Gasteiger partial charge in [-0.2, -0.15) is 0 Å². The molecule has 24 heavy (non-hydrogen) atoms. The summed E-state index contributed by atoms with van der Waals surface area (Å²) in [6.45, 7) is 7.02. The van der Waals surface area contributed by atoms with Crippen LogP contribution in [0.2, 0.25) is 0 Å². The average molecular weight is 323 g/mol. The van der Waals surface area contributed by atoms with Crippen molar-refractivity contribution in [2.45, 2.75) is 46.0 Å². The lowest BCUT2D eigenvalue weighted by Crippen LogP contribution is -2.25. The summed E-state index contributed by atoms with van der Waals surface area (Å²) >= 11 is 0. The van der Waals surface area contributed by atoms with Crippen molar-refractivity contribution in [1.29, 1.82) is 0 Å². The molecule has 0 saturated heterocycles. The quantitative estimate of drug-likeness (QED) is 0.790. The summed E-state index contributed by atoms with van der Waals surface area (Å²) in [6.07, 6.45) is 2.60. The van der Waals surface area contributed by atoms with Gasteiger partial charge in [0.25, 0.3) is 0 Å². The predicted molar refractivity (Wildman–Crippen MR) is 97.9 cm³/mol. The second-order valence-corrected chi connectivity index (χ2v) is 6.52. The van der Waals surface area contributed by atoms with Crippen LogP contribution >= 0.6 is 0 Å². The summed E-state index contributed by atoms with van der Waals surface area (Å²) < 4.78 is 6.00. The van der Waals surface area contributed by atoms with E-state index in [-0.39, 0.29) is 11.8 Å². The van der Waals surface area contributed by atoms with E-state index in [1.807, 2.05) is 18.2 Å². The summed E-state index contributed by atoms with van der Waals surface area (Å²) in [5.74, 6) is 1.02. The van der Waals surface area contributed by atoms with E-state index in [9.17, 15) is 4.79 Å². The molecule has 0 fully saturated rings. The van der Waals surface area contributed by atoms with E-state index in [1.54, 1.807) is 0 Å². The molecule has 0 saturated carbocycles. The Hall–Kier alpha value is -2.29. The van der Waals surface area contributed by atoms with E-state index < -0.39 is 0 Å². The van der Waals surface area contributed by atoms with Crippen molar-refractivity contribution in [3.05, 3.63) is 58.7 Å². The Bertz CT molecular complexity index is 751. The third-order valence-electron chi connectivity index (χ3n) is 4.85. The number of aryl methyl sites for hydroxylation is 1. The number of unbranched alkanes of at least 4 members (excludes halogenated alkanes) is 1. The molecule has 3 nitrogen and oxygen atoms in total. The topological polar surface area (TPSA) is 38.3 Å². The molecule has 1 heterocycles. The Morgan fingerprint density at radius 3 is 2.71 bits per heavy atom. The molecule has 0 aromatic heterocycles. The van der Waals surface area contributed by atoms with Gasteiger partial charge in [-0.05, 0) is 43.0 Å². The minimum Gasteiger partial charge on any atom is -0.493 e. The minimum absolute atomic E-state index is 0.0471. The highest BCUT2D eigenvalue weighted by atomic mass is 16.5. The van der Waals surface area contributed by atoms with Crippen LogP contribution in [0.4, 0.5) is 5.69 Å². The maximum absolute atomic E-state index is 12.3. The molecule has 1 unspecified atom stereocenters. The van der Waals surface area contributed by atoms with Gasteiger partial charge in [-0.3, -0.25) is 4.79 Å². The molecule has 3 rings (SSSR count). The van der Waals surface area contributed by atoms with Gasteiger partial charge in [0.15, 0.2) is 0 Å².